The van der Waals surface area contributed by atoms with E-state index in [-0.39, 0.29) is 12.0 Å². The summed E-state index contributed by atoms with van der Waals surface area (Å²) in [7, 11) is 1.38. The Balaban J connectivity index is 2.78. The zero-order valence-corrected chi connectivity index (χ0v) is 11.4. The van der Waals surface area contributed by atoms with E-state index >= 15 is 0 Å². The summed E-state index contributed by atoms with van der Waals surface area (Å²) in [5.74, 6) is -0.276. The van der Waals surface area contributed by atoms with Gasteiger partial charge in [0.05, 0.1) is 12.1 Å². The molecule has 0 amide bonds. The Bertz CT molecular complexity index is 384. The van der Waals surface area contributed by atoms with Gasteiger partial charge >= 0.3 is 5.97 Å². The Hall–Kier alpha value is -0.740. The van der Waals surface area contributed by atoms with Crippen molar-refractivity contribution >= 4 is 39.2 Å². The lowest BCUT2D eigenvalue weighted by atomic mass is 10.2. The van der Waals surface area contributed by atoms with Crippen LogP contribution in [0.5, 0.6) is 0 Å². The van der Waals surface area contributed by atoms with Gasteiger partial charge in [0.15, 0.2) is 0 Å². The van der Waals surface area contributed by atoms with E-state index in [0.29, 0.717) is 11.4 Å². The summed E-state index contributed by atoms with van der Waals surface area (Å²) in [6.07, 6.45) is 0.653. The number of ether oxygens (including phenoxy) is 1. The summed E-state index contributed by atoms with van der Waals surface area (Å²) in [5.41, 5.74) is 0.797. The van der Waals surface area contributed by atoms with Crippen molar-refractivity contribution in [3.05, 3.63) is 27.7 Å². The molecule has 0 saturated heterocycles. The van der Waals surface area contributed by atoms with E-state index in [2.05, 4.69) is 26.0 Å². The SMILES string of the molecule is CCC(Nc1ccc(Br)c(Cl)c1)C(=O)OC. The summed E-state index contributed by atoms with van der Waals surface area (Å²) >= 11 is 9.25. The molecule has 0 radical (unpaired) electrons. The molecular formula is C11H13BrClNO2. The Morgan fingerprint density at radius 3 is 2.81 bits per heavy atom. The average Bonchev–Trinajstić information content (AvgIpc) is 2.29. The lowest BCUT2D eigenvalue weighted by molar-refractivity contribution is -0.141. The van der Waals surface area contributed by atoms with Gasteiger partial charge in [0.1, 0.15) is 6.04 Å². The van der Waals surface area contributed by atoms with E-state index in [1.807, 2.05) is 19.1 Å². The molecule has 16 heavy (non-hydrogen) atoms. The van der Waals surface area contributed by atoms with Crippen LogP contribution >= 0.6 is 27.5 Å². The molecule has 1 N–H and O–H groups in total. The van der Waals surface area contributed by atoms with Crippen molar-refractivity contribution in [1.82, 2.24) is 0 Å². The maximum absolute atomic E-state index is 11.4. The van der Waals surface area contributed by atoms with Gasteiger partial charge in [0.25, 0.3) is 0 Å². The molecular weight excluding hydrogens is 293 g/mol. The largest absolute Gasteiger partial charge is 0.467 e. The van der Waals surface area contributed by atoms with Crippen LogP contribution in [0.3, 0.4) is 0 Å². The number of carbonyl (C=O) groups excluding carboxylic acids is 1. The summed E-state index contributed by atoms with van der Waals surface area (Å²) in [5, 5.41) is 3.67. The second-order valence-electron chi connectivity index (χ2n) is 3.26. The molecule has 88 valence electrons. The molecule has 0 aliphatic carbocycles. The van der Waals surface area contributed by atoms with Crippen molar-refractivity contribution in [2.75, 3.05) is 12.4 Å². The van der Waals surface area contributed by atoms with E-state index in [0.717, 1.165) is 10.2 Å². The molecule has 3 nitrogen and oxygen atoms in total. The number of rotatable bonds is 4. The lowest BCUT2D eigenvalue weighted by Crippen LogP contribution is -2.29. The van der Waals surface area contributed by atoms with Crippen LogP contribution in [-0.4, -0.2) is 19.1 Å². The summed E-state index contributed by atoms with van der Waals surface area (Å²) in [4.78, 5) is 11.4. The molecule has 0 spiro atoms. The third-order valence-electron chi connectivity index (χ3n) is 2.15. The third-order valence-corrected chi connectivity index (χ3v) is 3.39. The fourth-order valence-corrected chi connectivity index (χ4v) is 1.68. The van der Waals surface area contributed by atoms with Crippen LogP contribution < -0.4 is 5.32 Å². The fraction of sp³-hybridized carbons (Fsp3) is 0.364. The third kappa shape index (κ3) is 3.39. The highest BCUT2D eigenvalue weighted by molar-refractivity contribution is 9.10. The van der Waals surface area contributed by atoms with Gasteiger partial charge < -0.3 is 10.1 Å². The summed E-state index contributed by atoms with van der Waals surface area (Å²) in [6.45, 7) is 1.91. The first-order valence-corrected chi connectivity index (χ1v) is 6.05. The first-order chi connectivity index (χ1) is 7.58. The zero-order chi connectivity index (χ0) is 12.1. The van der Waals surface area contributed by atoms with E-state index in [4.69, 9.17) is 11.6 Å². The van der Waals surface area contributed by atoms with Gasteiger partial charge in [0.2, 0.25) is 0 Å². The number of nitrogens with one attached hydrogen (secondary N) is 1. The molecule has 0 saturated carbocycles. The van der Waals surface area contributed by atoms with Gasteiger partial charge in [-0.3, -0.25) is 0 Å². The minimum atomic E-state index is -0.345. The van der Waals surface area contributed by atoms with Crippen LogP contribution in [-0.2, 0) is 9.53 Å². The molecule has 1 unspecified atom stereocenters. The number of anilines is 1. The Morgan fingerprint density at radius 1 is 1.62 bits per heavy atom. The van der Waals surface area contributed by atoms with Gasteiger partial charge in [0, 0.05) is 10.2 Å². The number of esters is 1. The van der Waals surface area contributed by atoms with Crippen LogP contribution in [0.1, 0.15) is 13.3 Å². The predicted molar refractivity (Wildman–Crippen MR) is 68.9 cm³/mol. The predicted octanol–water partition coefficient (Wildman–Crippen LogP) is 3.47. The molecule has 0 fully saturated rings. The smallest absolute Gasteiger partial charge is 0.328 e. The molecule has 0 bridgehead atoms. The maximum Gasteiger partial charge on any atom is 0.328 e. The van der Waals surface area contributed by atoms with E-state index < -0.39 is 0 Å². The van der Waals surface area contributed by atoms with Gasteiger partial charge in [-0.15, -0.1) is 0 Å². The molecule has 1 rings (SSSR count). The topological polar surface area (TPSA) is 38.3 Å². The molecule has 0 aliphatic heterocycles. The first kappa shape index (κ1) is 13.3. The van der Waals surface area contributed by atoms with Crippen LogP contribution in [0.15, 0.2) is 22.7 Å². The normalized spacial score (nSPS) is 12.0. The fourth-order valence-electron chi connectivity index (χ4n) is 1.26. The van der Waals surface area contributed by atoms with Crippen molar-refractivity contribution in [3.63, 3.8) is 0 Å². The molecule has 0 heterocycles. The number of hydrogen-bond donors (Lipinski definition) is 1. The molecule has 1 aromatic carbocycles. The highest BCUT2D eigenvalue weighted by Crippen LogP contribution is 2.26. The minimum absolute atomic E-state index is 0.276. The Morgan fingerprint density at radius 2 is 2.31 bits per heavy atom. The Kier molecular flexibility index (Phi) is 5.09. The highest BCUT2D eigenvalue weighted by Gasteiger charge is 2.16. The minimum Gasteiger partial charge on any atom is -0.467 e. The van der Waals surface area contributed by atoms with Crippen molar-refractivity contribution in [1.29, 1.82) is 0 Å². The molecule has 0 aliphatic rings. The highest BCUT2D eigenvalue weighted by atomic mass is 79.9. The van der Waals surface area contributed by atoms with Crippen molar-refractivity contribution in [2.45, 2.75) is 19.4 Å². The average molecular weight is 307 g/mol. The van der Waals surface area contributed by atoms with Crippen molar-refractivity contribution in [3.8, 4) is 0 Å². The monoisotopic (exact) mass is 305 g/mol. The van der Waals surface area contributed by atoms with Gasteiger partial charge in [-0.05, 0) is 40.5 Å². The summed E-state index contributed by atoms with van der Waals surface area (Å²) < 4.78 is 5.51. The zero-order valence-electron chi connectivity index (χ0n) is 9.09. The molecule has 0 aromatic heterocycles. The van der Waals surface area contributed by atoms with Crippen LogP contribution in [0.4, 0.5) is 5.69 Å². The second-order valence-corrected chi connectivity index (χ2v) is 4.52. The van der Waals surface area contributed by atoms with Gasteiger partial charge in [-0.25, -0.2) is 4.79 Å². The maximum atomic E-state index is 11.4. The molecule has 5 heteroatoms. The number of carbonyl (C=O) groups is 1. The second kappa shape index (κ2) is 6.11. The number of benzene rings is 1. The van der Waals surface area contributed by atoms with Gasteiger partial charge in [-0.1, -0.05) is 18.5 Å². The first-order valence-electron chi connectivity index (χ1n) is 4.88. The van der Waals surface area contributed by atoms with Crippen LogP contribution in [0.2, 0.25) is 5.02 Å². The van der Waals surface area contributed by atoms with Crippen molar-refractivity contribution in [2.24, 2.45) is 0 Å². The number of methoxy groups -OCH3 is 1. The Labute approximate surface area is 108 Å². The number of hydrogen-bond acceptors (Lipinski definition) is 3. The quantitative estimate of drug-likeness (QED) is 0.866. The lowest BCUT2D eigenvalue weighted by Gasteiger charge is -2.16. The van der Waals surface area contributed by atoms with Gasteiger partial charge in [-0.2, -0.15) is 0 Å². The standard InChI is InChI=1S/C11H13BrClNO2/c1-3-10(11(15)16-2)14-7-4-5-8(12)9(13)6-7/h4-6,10,14H,3H2,1-2H3. The van der Waals surface area contributed by atoms with E-state index in [9.17, 15) is 4.79 Å². The molecule has 1 aromatic rings. The van der Waals surface area contributed by atoms with Crippen molar-refractivity contribution < 1.29 is 9.53 Å². The number of halogens is 2. The van der Waals surface area contributed by atoms with E-state index in [1.165, 1.54) is 7.11 Å². The summed E-state index contributed by atoms with van der Waals surface area (Å²) in [6, 6.07) is 5.09. The van der Waals surface area contributed by atoms with Crippen LogP contribution in [0, 0.1) is 0 Å². The molecule has 1 atom stereocenters. The van der Waals surface area contributed by atoms with Crippen LogP contribution in [0.25, 0.3) is 0 Å². The van der Waals surface area contributed by atoms with E-state index in [1.54, 1.807) is 6.07 Å².